The van der Waals surface area contributed by atoms with Crippen molar-refractivity contribution in [2.75, 3.05) is 6.61 Å². The van der Waals surface area contributed by atoms with E-state index in [0.717, 1.165) is 34.2 Å². The third-order valence-corrected chi connectivity index (χ3v) is 4.30. The molecule has 0 unspecified atom stereocenters. The maximum absolute atomic E-state index is 6.13. The minimum absolute atomic E-state index is 0.457. The van der Waals surface area contributed by atoms with Crippen molar-refractivity contribution in [1.82, 2.24) is 10.3 Å². The van der Waals surface area contributed by atoms with Gasteiger partial charge in [0, 0.05) is 36.1 Å². The Kier molecular flexibility index (Phi) is 7.08. The van der Waals surface area contributed by atoms with Crippen molar-refractivity contribution in [3.8, 4) is 11.5 Å². The van der Waals surface area contributed by atoms with E-state index in [9.17, 15) is 0 Å². The van der Waals surface area contributed by atoms with E-state index in [0.29, 0.717) is 19.8 Å². The SMILES string of the molecule is CCOc1cccc(CNCc2ccncc2)c1OCc1ccc(Cl)cc1. The second kappa shape index (κ2) is 9.95. The second-order valence-corrected chi connectivity index (χ2v) is 6.49. The molecule has 0 saturated carbocycles. The minimum atomic E-state index is 0.457. The van der Waals surface area contributed by atoms with Crippen LogP contribution in [-0.4, -0.2) is 11.6 Å². The van der Waals surface area contributed by atoms with Gasteiger partial charge in [-0.25, -0.2) is 0 Å². The van der Waals surface area contributed by atoms with Crippen LogP contribution < -0.4 is 14.8 Å². The van der Waals surface area contributed by atoms with Gasteiger partial charge in [0.2, 0.25) is 0 Å². The Morgan fingerprint density at radius 1 is 0.889 bits per heavy atom. The van der Waals surface area contributed by atoms with Crippen molar-refractivity contribution >= 4 is 11.6 Å². The van der Waals surface area contributed by atoms with Gasteiger partial charge >= 0.3 is 0 Å². The van der Waals surface area contributed by atoms with E-state index >= 15 is 0 Å². The van der Waals surface area contributed by atoms with E-state index in [-0.39, 0.29) is 0 Å². The third kappa shape index (κ3) is 5.71. The van der Waals surface area contributed by atoms with Crippen LogP contribution in [0.2, 0.25) is 5.02 Å². The maximum atomic E-state index is 6.13. The molecule has 0 radical (unpaired) electrons. The fourth-order valence-electron chi connectivity index (χ4n) is 2.71. The number of hydrogen-bond acceptors (Lipinski definition) is 4. The molecule has 0 aliphatic heterocycles. The molecule has 1 heterocycles. The van der Waals surface area contributed by atoms with E-state index in [4.69, 9.17) is 21.1 Å². The molecule has 0 fully saturated rings. The van der Waals surface area contributed by atoms with E-state index in [1.165, 1.54) is 5.56 Å². The van der Waals surface area contributed by atoms with Gasteiger partial charge in [0.15, 0.2) is 11.5 Å². The van der Waals surface area contributed by atoms with Crippen LogP contribution in [0.5, 0.6) is 11.5 Å². The number of halogens is 1. The minimum Gasteiger partial charge on any atom is -0.490 e. The molecule has 0 saturated heterocycles. The van der Waals surface area contributed by atoms with Crippen molar-refractivity contribution in [1.29, 1.82) is 0 Å². The number of para-hydroxylation sites is 1. The lowest BCUT2D eigenvalue weighted by atomic mass is 10.1. The van der Waals surface area contributed by atoms with Crippen molar-refractivity contribution < 1.29 is 9.47 Å². The standard InChI is InChI=1S/C22H23ClN2O2/c1-2-26-21-5-3-4-19(15-25-14-17-10-12-24-13-11-17)22(21)27-16-18-6-8-20(23)9-7-18/h3-13,25H,2,14-16H2,1H3. The van der Waals surface area contributed by atoms with Crippen LogP contribution in [-0.2, 0) is 19.7 Å². The molecule has 0 bridgehead atoms. The first kappa shape index (κ1) is 19.2. The lowest BCUT2D eigenvalue weighted by molar-refractivity contribution is 0.266. The monoisotopic (exact) mass is 382 g/mol. The summed E-state index contributed by atoms with van der Waals surface area (Å²) in [6.07, 6.45) is 3.60. The van der Waals surface area contributed by atoms with Gasteiger partial charge in [-0.05, 0) is 48.4 Å². The summed E-state index contributed by atoms with van der Waals surface area (Å²) in [5, 5.41) is 4.17. The van der Waals surface area contributed by atoms with Crippen molar-refractivity contribution in [2.24, 2.45) is 0 Å². The summed E-state index contributed by atoms with van der Waals surface area (Å²) in [5.41, 5.74) is 3.31. The van der Waals surface area contributed by atoms with Crippen molar-refractivity contribution in [3.05, 3.63) is 88.7 Å². The molecule has 0 aliphatic rings. The molecule has 0 spiro atoms. The largest absolute Gasteiger partial charge is 0.490 e. The molecular weight excluding hydrogens is 360 g/mol. The summed E-state index contributed by atoms with van der Waals surface area (Å²) in [7, 11) is 0. The first-order chi connectivity index (χ1) is 13.3. The summed E-state index contributed by atoms with van der Waals surface area (Å²) in [4.78, 5) is 4.04. The van der Waals surface area contributed by atoms with Crippen molar-refractivity contribution in [2.45, 2.75) is 26.6 Å². The van der Waals surface area contributed by atoms with Gasteiger partial charge in [-0.3, -0.25) is 4.98 Å². The predicted octanol–water partition coefficient (Wildman–Crippen LogP) is 5.00. The maximum Gasteiger partial charge on any atom is 0.166 e. The number of nitrogens with one attached hydrogen (secondary N) is 1. The van der Waals surface area contributed by atoms with Gasteiger partial charge < -0.3 is 14.8 Å². The summed E-state index contributed by atoms with van der Waals surface area (Å²) < 4.78 is 11.9. The summed E-state index contributed by atoms with van der Waals surface area (Å²) in [6.45, 7) is 4.46. The Morgan fingerprint density at radius 2 is 1.67 bits per heavy atom. The first-order valence-electron chi connectivity index (χ1n) is 8.98. The smallest absolute Gasteiger partial charge is 0.166 e. The molecule has 2 aromatic carbocycles. The Bertz CT molecular complexity index is 839. The average Bonchev–Trinajstić information content (AvgIpc) is 2.70. The summed E-state index contributed by atoms with van der Waals surface area (Å²) in [5.74, 6) is 1.53. The summed E-state index contributed by atoms with van der Waals surface area (Å²) >= 11 is 5.96. The number of pyridine rings is 1. The molecule has 1 aromatic heterocycles. The van der Waals surface area contributed by atoms with Crippen LogP contribution in [0.15, 0.2) is 67.0 Å². The molecule has 0 aliphatic carbocycles. The van der Waals surface area contributed by atoms with E-state index in [2.05, 4.69) is 16.4 Å². The van der Waals surface area contributed by atoms with Gasteiger partial charge in [-0.15, -0.1) is 0 Å². The molecule has 1 N–H and O–H groups in total. The van der Waals surface area contributed by atoms with Gasteiger partial charge in [-0.1, -0.05) is 35.9 Å². The van der Waals surface area contributed by atoms with Crippen LogP contribution in [0.4, 0.5) is 0 Å². The number of hydrogen-bond donors (Lipinski definition) is 1. The van der Waals surface area contributed by atoms with E-state index in [1.54, 1.807) is 12.4 Å². The Morgan fingerprint density at radius 3 is 2.41 bits per heavy atom. The average molecular weight is 383 g/mol. The van der Waals surface area contributed by atoms with E-state index in [1.807, 2.05) is 55.5 Å². The number of aromatic nitrogens is 1. The van der Waals surface area contributed by atoms with Gasteiger partial charge in [0.1, 0.15) is 6.61 Å². The Balaban J connectivity index is 1.70. The molecule has 3 rings (SSSR count). The fraction of sp³-hybridized carbons (Fsp3) is 0.227. The third-order valence-electron chi connectivity index (χ3n) is 4.05. The highest BCUT2D eigenvalue weighted by atomic mass is 35.5. The Hall–Kier alpha value is -2.56. The van der Waals surface area contributed by atoms with E-state index < -0.39 is 0 Å². The molecular formula is C22H23ClN2O2. The normalized spacial score (nSPS) is 10.6. The molecule has 0 amide bonds. The lowest BCUT2D eigenvalue weighted by Gasteiger charge is -2.16. The zero-order valence-corrected chi connectivity index (χ0v) is 16.1. The molecule has 27 heavy (non-hydrogen) atoms. The fourth-order valence-corrected chi connectivity index (χ4v) is 2.84. The number of rotatable bonds is 9. The highest BCUT2D eigenvalue weighted by Gasteiger charge is 2.11. The zero-order valence-electron chi connectivity index (χ0n) is 15.3. The van der Waals surface area contributed by atoms with Gasteiger partial charge in [-0.2, -0.15) is 0 Å². The predicted molar refractivity (Wildman–Crippen MR) is 108 cm³/mol. The first-order valence-corrected chi connectivity index (χ1v) is 9.35. The van der Waals surface area contributed by atoms with Gasteiger partial charge in [0.05, 0.1) is 6.61 Å². The van der Waals surface area contributed by atoms with Crippen LogP contribution in [0.25, 0.3) is 0 Å². The highest BCUT2D eigenvalue weighted by molar-refractivity contribution is 6.30. The molecule has 140 valence electrons. The molecule has 0 atom stereocenters. The van der Waals surface area contributed by atoms with Crippen LogP contribution in [0, 0.1) is 0 Å². The topological polar surface area (TPSA) is 43.4 Å². The molecule has 3 aromatic rings. The van der Waals surface area contributed by atoms with Crippen LogP contribution in [0.1, 0.15) is 23.6 Å². The Labute approximate surface area is 165 Å². The number of benzene rings is 2. The quantitative estimate of drug-likeness (QED) is 0.565. The molecule has 4 nitrogen and oxygen atoms in total. The van der Waals surface area contributed by atoms with Crippen LogP contribution >= 0.6 is 11.6 Å². The number of nitrogens with zero attached hydrogens (tertiary/aromatic N) is 1. The summed E-state index contributed by atoms with van der Waals surface area (Å²) in [6, 6.07) is 17.6. The highest BCUT2D eigenvalue weighted by Crippen LogP contribution is 2.32. The molecule has 5 heteroatoms. The van der Waals surface area contributed by atoms with Crippen molar-refractivity contribution in [3.63, 3.8) is 0 Å². The van der Waals surface area contributed by atoms with Gasteiger partial charge in [0.25, 0.3) is 0 Å². The second-order valence-electron chi connectivity index (χ2n) is 6.05. The lowest BCUT2D eigenvalue weighted by Crippen LogP contribution is -2.14. The van der Waals surface area contributed by atoms with Crippen LogP contribution in [0.3, 0.4) is 0 Å². The number of ether oxygens (including phenoxy) is 2. The zero-order chi connectivity index (χ0) is 18.9.